The molecule has 2 N–H and O–H groups in total. The lowest BCUT2D eigenvalue weighted by Crippen LogP contribution is -2.34. The number of halogens is 1. The molecule has 0 aromatic heterocycles. The van der Waals surface area contributed by atoms with E-state index in [0.717, 1.165) is 0 Å². The summed E-state index contributed by atoms with van der Waals surface area (Å²) in [6, 6.07) is 5.77. The summed E-state index contributed by atoms with van der Waals surface area (Å²) in [4.78, 5) is 13.1. The van der Waals surface area contributed by atoms with Gasteiger partial charge in [0.25, 0.3) is 0 Å². The molecular formula is C13H19FN2O2. The number of benzene rings is 1. The van der Waals surface area contributed by atoms with Crippen LogP contribution in [0.25, 0.3) is 0 Å². The predicted molar refractivity (Wildman–Crippen MR) is 67.8 cm³/mol. The summed E-state index contributed by atoms with van der Waals surface area (Å²) in [5, 5.41) is 0. The van der Waals surface area contributed by atoms with Crippen LogP contribution < -0.4 is 10.5 Å². The highest BCUT2D eigenvalue weighted by molar-refractivity contribution is 5.76. The smallest absolute Gasteiger partial charge is 0.223 e. The molecule has 0 aliphatic heterocycles. The largest absolute Gasteiger partial charge is 0.492 e. The van der Waals surface area contributed by atoms with Gasteiger partial charge in [-0.3, -0.25) is 4.79 Å². The number of carbonyl (C=O) groups is 1. The highest BCUT2D eigenvalue weighted by Crippen LogP contribution is 2.11. The Bertz CT molecular complexity index is 396. The molecule has 1 rings (SSSR count). The lowest BCUT2D eigenvalue weighted by molar-refractivity contribution is -0.130. The van der Waals surface area contributed by atoms with Crippen LogP contribution in [-0.4, -0.2) is 37.0 Å². The first-order chi connectivity index (χ1) is 8.49. The van der Waals surface area contributed by atoms with E-state index in [1.54, 1.807) is 31.0 Å². The number of ether oxygens (including phenoxy) is 1. The third-order valence-corrected chi connectivity index (χ3v) is 2.41. The minimum Gasteiger partial charge on any atom is -0.492 e. The van der Waals surface area contributed by atoms with Crippen molar-refractivity contribution < 1.29 is 13.9 Å². The van der Waals surface area contributed by atoms with Crippen molar-refractivity contribution in [2.75, 3.05) is 20.2 Å². The van der Waals surface area contributed by atoms with Crippen LogP contribution in [0.5, 0.6) is 5.75 Å². The summed E-state index contributed by atoms with van der Waals surface area (Å²) >= 11 is 0. The fraction of sp³-hybridized carbons (Fsp3) is 0.462. The molecule has 100 valence electrons. The molecule has 0 saturated carbocycles. The molecule has 1 aromatic rings. The van der Waals surface area contributed by atoms with Crippen molar-refractivity contribution in [3.8, 4) is 5.75 Å². The first-order valence-electron chi connectivity index (χ1n) is 5.87. The average molecular weight is 254 g/mol. The van der Waals surface area contributed by atoms with Gasteiger partial charge in [-0.1, -0.05) is 6.07 Å². The molecule has 0 aliphatic rings. The first kappa shape index (κ1) is 14.4. The number of nitrogens with zero attached hydrogens (tertiary/aromatic N) is 1. The van der Waals surface area contributed by atoms with Gasteiger partial charge in [-0.25, -0.2) is 4.39 Å². The van der Waals surface area contributed by atoms with E-state index in [-0.39, 0.29) is 17.8 Å². The summed E-state index contributed by atoms with van der Waals surface area (Å²) < 4.78 is 18.2. The van der Waals surface area contributed by atoms with E-state index >= 15 is 0 Å². The summed E-state index contributed by atoms with van der Waals surface area (Å²) in [5.41, 5.74) is 5.55. The van der Waals surface area contributed by atoms with Gasteiger partial charge in [-0.05, 0) is 19.1 Å². The van der Waals surface area contributed by atoms with Crippen LogP contribution in [0.3, 0.4) is 0 Å². The Hall–Kier alpha value is -1.62. The fourth-order valence-corrected chi connectivity index (χ4v) is 1.41. The van der Waals surface area contributed by atoms with Gasteiger partial charge in [0.2, 0.25) is 5.91 Å². The summed E-state index contributed by atoms with van der Waals surface area (Å²) in [5.74, 6) is 0.102. The molecule has 0 heterocycles. The van der Waals surface area contributed by atoms with Crippen molar-refractivity contribution in [1.82, 2.24) is 4.90 Å². The lowest BCUT2D eigenvalue weighted by atomic mass is 10.2. The SMILES string of the molecule is CC(N)CC(=O)N(C)CCOc1cccc(F)c1. The monoisotopic (exact) mass is 254 g/mol. The van der Waals surface area contributed by atoms with Crippen LogP contribution in [-0.2, 0) is 4.79 Å². The number of rotatable bonds is 6. The Morgan fingerprint density at radius 2 is 2.28 bits per heavy atom. The number of nitrogens with two attached hydrogens (primary N) is 1. The Morgan fingerprint density at radius 1 is 1.56 bits per heavy atom. The van der Waals surface area contributed by atoms with Gasteiger partial charge >= 0.3 is 0 Å². The molecule has 1 atom stereocenters. The zero-order valence-electron chi connectivity index (χ0n) is 10.7. The minimum absolute atomic E-state index is 0.0205. The number of likely N-dealkylation sites (N-methyl/N-ethyl adjacent to an activating group) is 1. The first-order valence-corrected chi connectivity index (χ1v) is 5.87. The summed E-state index contributed by atoms with van der Waals surface area (Å²) in [7, 11) is 1.69. The highest BCUT2D eigenvalue weighted by Gasteiger charge is 2.10. The van der Waals surface area contributed by atoms with Gasteiger partial charge in [-0.15, -0.1) is 0 Å². The molecule has 0 radical (unpaired) electrons. The number of carbonyl (C=O) groups excluding carboxylic acids is 1. The van der Waals surface area contributed by atoms with E-state index in [1.165, 1.54) is 12.1 Å². The van der Waals surface area contributed by atoms with E-state index in [2.05, 4.69) is 0 Å². The van der Waals surface area contributed by atoms with Gasteiger partial charge in [0.1, 0.15) is 18.2 Å². The minimum atomic E-state index is -0.339. The van der Waals surface area contributed by atoms with Crippen LogP contribution in [0.2, 0.25) is 0 Å². The molecule has 5 heteroatoms. The maximum Gasteiger partial charge on any atom is 0.223 e. The molecule has 1 amide bonds. The lowest BCUT2D eigenvalue weighted by Gasteiger charge is -2.18. The van der Waals surface area contributed by atoms with Crippen LogP contribution in [0.4, 0.5) is 4.39 Å². The van der Waals surface area contributed by atoms with Gasteiger partial charge in [-0.2, -0.15) is 0 Å². The van der Waals surface area contributed by atoms with Crippen LogP contribution in [0, 0.1) is 5.82 Å². The third kappa shape index (κ3) is 5.14. The molecule has 0 saturated heterocycles. The van der Waals surface area contributed by atoms with E-state index < -0.39 is 0 Å². The van der Waals surface area contributed by atoms with Crippen LogP contribution in [0.1, 0.15) is 13.3 Å². The van der Waals surface area contributed by atoms with Gasteiger partial charge in [0.05, 0.1) is 6.54 Å². The normalized spacial score (nSPS) is 12.0. The number of amides is 1. The second-order valence-electron chi connectivity index (χ2n) is 4.30. The van der Waals surface area contributed by atoms with E-state index in [0.29, 0.717) is 25.3 Å². The topological polar surface area (TPSA) is 55.6 Å². The molecule has 4 nitrogen and oxygen atoms in total. The number of hydrogen-bond acceptors (Lipinski definition) is 3. The Balaban J connectivity index is 2.31. The summed E-state index contributed by atoms with van der Waals surface area (Å²) in [6.45, 7) is 2.56. The second-order valence-corrected chi connectivity index (χ2v) is 4.30. The summed E-state index contributed by atoms with van der Waals surface area (Å²) in [6.07, 6.45) is 0.316. The maximum absolute atomic E-state index is 12.9. The fourth-order valence-electron chi connectivity index (χ4n) is 1.41. The highest BCUT2D eigenvalue weighted by atomic mass is 19.1. The van der Waals surface area contributed by atoms with Crippen molar-refractivity contribution in [3.05, 3.63) is 30.1 Å². The van der Waals surface area contributed by atoms with E-state index in [9.17, 15) is 9.18 Å². The van der Waals surface area contributed by atoms with Crippen molar-refractivity contribution in [1.29, 1.82) is 0 Å². The zero-order chi connectivity index (χ0) is 13.5. The zero-order valence-corrected chi connectivity index (χ0v) is 10.7. The molecule has 0 aliphatic carbocycles. The molecule has 0 spiro atoms. The van der Waals surface area contributed by atoms with Crippen molar-refractivity contribution >= 4 is 5.91 Å². The van der Waals surface area contributed by atoms with Crippen molar-refractivity contribution in [2.24, 2.45) is 5.73 Å². The van der Waals surface area contributed by atoms with Gasteiger partial charge in [0, 0.05) is 25.6 Å². The molecule has 1 aromatic carbocycles. The standard InChI is InChI=1S/C13H19FN2O2/c1-10(15)8-13(17)16(2)6-7-18-12-5-3-4-11(14)9-12/h3-5,9-10H,6-8,15H2,1-2H3. The van der Waals surface area contributed by atoms with E-state index in [4.69, 9.17) is 10.5 Å². The third-order valence-electron chi connectivity index (χ3n) is 2.41. The maximum atomic E-state index is 12.9. The van der Waals surface area contributed by atoms with Crippen LogP contribution in [0.15, 0.2) is 24.3 Å². The van der Waals surface area contributed by atoms with Gasteiger partial charge < -0.3 is 15.4 Å². The Kier molecular flexibility index (Phi) is 5.58. The molecule has 1 unspecified atom stereocenters. The van der Waals surface area contributed by atoms with Crippen molar-refractivity contribution in [3.63, 3.8) is 0 Å². The molecule has 18 heavy (non-hydrogen) atoms. The molecule has 0 bridgehead atoms. The quantitative estimate of drug-likeness (QED) is 0.835. The second kappa shape index (κ2) is 6.96. The average Bonchev–Trinajstić information content (AvgIpc) is 2.28. The van der Waals surface area contributed by atoms with E-state index in [1.807, 2.05) is 0 Å². The van der Waals surface area contributed by atoms with Gasteiger partial charge in [0.15, 0.2) is 0 Å². The van der Waals surface area contributed by atoms with Crippen LogP contribution >= 0.6 is 0 Å². The molecule has 0 fully saturated rings. The molecular weight excluding hydrogens is 235 g/mol. The predicted octanol–water partition coefficient (Wildman–Crippen LogP) is 1.40. The van der Waals surface area contributed by atoms with Crippen molar-refractivity contribution in [2.45, 2.75) is 19.4 Å². The Morgan fingerprint density at radius 3 is 2.89 bits per heavy atom. The Labute approximate surface area is 107 Å². The number of hydrogen-bond donors (Lipinski definition) is 1.